The molecule has 6 rings (SSSR count). The zero-order chi connectivity index (χ0) is 40.0. The molecule has 15 heteroatoms. The normalized spacial score (nSPS) is 17.3. The highest BCUT2D eigenvalue weighted by atomic mass is 19.4. The number of rotatable bonds is 10. The first-order chi connectivity index (χ1) is 25.9. The van der Waals surface area contributed by atoms with Gasteiger partial charge in [-0.1, -0.05) is 18.1 Å². The molecule has 3 N–H and O–H groups in total. The number of fused-ring (bicyclic) bond motifs is 3. The Morgan fingerprint density at radius 2 is 1.82 bits per heavy atom. The quantitative estimate of drug-likeness (QED) is 0.0728. The van der Waals surface area contributed by atoms with Gasteiger partial charge in [-0.25, -0.2) is 9.18 Å². The van der Waals surface area contributed by atoms with Crippen LogP contribution in [0.4, 0.5) is 33.9 Å². The molecule has 55 heavy (non-hydrogen) atoms. The van der Waals surface area contributed by atoms with Crippen molar-refractivity contribution < 1.29 is 41.3 Å². The summed E-state index contributed by atoms with van der Waals surface area (Å²) in [6.07, 6.45) is 0.927. The van der Waals surface area contributed by atoms with Crippen molar-refractivity contribution in [3.63, 3.8) is 0 Å². The molecule has 1 aromatic heterocycles. The highest BCUT2D eigenvalue weighted by molar-refractivity contribution is 6.05. The average Bonchev–Trinajstić information content (AvgIpc) is 3.75. The number of aromatic nitrogens is 2. The Kier molecular flexibility index (Phi) is 10.6. The molecule has 2 bridgehead atoms. The molecular weight excluding hydrogens is 720 g/mol. The molecule has 2 aliphatic heterocycles. The molecule has 290 valence electrons. The molecule has 2 saturated heterocycles. The Labute approximate surface area is 316 Å². The standard InChI is InChI=1S/C40H42F4N6O5/c1-8-23-9-11-24(12-10-23)20-53-35-33(32-22(3)30(41)15-31(46)28(32)16-45)29(40(42,43)44)14-27-34(35)47-37(54-19-21(2)52-7)48-36(27)49-17-26-13-25(49)18-50(26)38(51)55-39(4,5)6/h1,9-12,14-16,21,25-26,45H,13,17-20,46H2,2-7H3/t21-,25-,26-/m0/s1. The minimum Gasteiger partial charge on any atom is -0.486 e. The highest BCUT2D eigenvalue weighted by Crippen LogP contribution is 2.51. The summed E-state index contributed by atoms with van der Waals surface area (Å²) in [6.45, 7) is 8.63. The number of alkyl halides is 3. The number of benzene rings is 3. The SMILES string of the molecule is C#Cc1ccc(COc2c(-c3c(C)c(F)cc(N)c3C=N)c(C(F)(F)F)cc3c(N4C[C@@H]5C[C@H]4CN5C(=O)OC(C)(C)C)nc(OC[C@H](C)OC)nc23)cc1. The van der Waals surface area contributed by atoms with E-state index < -0.39 is 40.9 Å². The van der Waals surface area contributed by atoms with E-state index in [1.165, 1.54) is 14.0 Å². The Hall–Kier alpha value is -5.62. The number of halogens is 4. The van der Waals surface area contributed by atoms with E-state index in [0.29, 0.717) is 17.5 Å². The van der Waals surface area contributed by atoms with Crippen LogP contribution in [-0.2, 0) is 22.3 Å². The molecule has 2 aliphatic rings. The molecule has 3 aromatic carbocycles. The van der Waals surface area contributed by atoms with Crippen LogP contribution in [0.15, 0.2) is 36.4 Å². The maximum absolute atomic E-state index is 15.5. The predicted octanol–water partition coefficient (Wildman–Crippen LogP) is 7.51. The van der Waals surface area contributed by atoms with Crippen molar-refractivity contribution in [1.29, 1.82) is 5.41 Å². The van der Waals surface area contributed by atoms with Crippen LogP contribution in [0.2, 0.25) is 0 Å². The maximum atomic E-state index is 15.5. The lowest BCUT2D eigenvalue weighted by Gasteiger charge is -2.36. The number of terminal acetylenes is 1. The van der Waals surface area contributed by atoms with E-state index >= 15 is 17.6 Å². The Balaban J connectivity index is 1.62. The number of amides is 1. The van der Waals surface area contributed by atoms with Gasteiger partial charge >= 0.3 is 18.3 Å². The zero-order valence-corrected chi connectivity index (χ0v) is 31.3. The molecular formula is C40H42F4N6O5. The average molecular weight is 763 g/mol. The third kappa shape index (κ3) is 7.82. The van der Waals surface area contributed by atoms with Crippen LogP contribution < -0.4 is 20.1 Å². The van der Waals surface area contributed by atoms with Crippen LogP contribution in [0.25, 0.3) is 22.0 Å². The van der Waals surface area contributed by atoms with Gasteiger partial charge in [-0.05, 0) is 76.4 Å². The largest absolute Gasteiger partial charge is 0.486 e. The Morgan fingerprint density at radius 1 is 1.11 bits per heavy atom. The number of ether oxygens (including phenoxy) is 4. The summed E-state index contributed by atoms with van der Waals surface area (Å²) >= 11 is 0. The Morgan fingerprint density at radius 3 is 2.40 bits per heavy atom. The minimum atomic E-state index is -5.03. The van der Waals surface area contributed by atoms with Crippen LogP contribution in [0.5, 0.6) is 11.8 Å². The summed E-state index contributed by atoms with van der Waals surface area (Å²) in [5.74, 6) is 1.43. The monoisotopic (exact) mass is 762 g/mol. The van der Waals surface area contributed by atoms with Gasteiger partial charge in [0.1, 0.15) is 36.0 Å². The van der Waals surface area contributed by atoms with Gasteiger partial charge in [0, 0.05) is 59.7 Å². The van der Waals surface area contributed by atoms with Crippen molar-refractivity contribution in [3.8, 4) is 35.2 Å². The second-order valence-electron chi connectivity index (χ2n) is 14.7. The molecule has 0 aliphatic carbocycles. The Bertz CT molecular complexity index is 2180. The van der Waals surface area contributed by atoms with Gasteiger partial charge in [0.15, 0.2) is 5.75 Å². The topological polar surface area (TPSA) is 136 Å². The first-order valence-corrected chi connectivity index (χ1v) is 17.6. The van der Waals surface area contributed by atoms with Crippen molar-refractivity contribution in [2.45, 2.75) is 77.6 Å². The number of nitrogens with two attached hydrogens (primary N) is 1. The summed E-state index contributed by atoms with van der Waals surface area (Å²) in [7, 11) is 1.50. The van der Waals surface area contributed by atoms with Crippen molar-refractivity contribution in [1.82, 2.24) is 14.9 Å². The lowest BCUT2D eigenvalue weighted by molar-refractivity contribution is -0.137. The number of nitrogens with zero attached hydrogens (tertiary/aromatic N) is 4. The third-order valence-electron chi connectivity index (χ3n) is 9.69. The number of methoxy groups -OCH3 is 1. The number of anilines is 2. The lowest BCUT2D eigenvalue weighted by Crippen LogP contribution is -2.50. The van der Waals surface area contributed by atoms with Gasteiger partial charge < -0.3 is 39.9 Å². The van der Waals surface area contributed by atoms with Crippen molar-refractivity contribution in [3.05, 3.63) is 70.0 Å². The van der Waals surface area contributed by atoms with Crippen LogP contribution in [-0.4, -0.2) is 77.8 Å². The highest BCUT2D eigenvalue weighted by Gasteiger charge is 2.48. The molecule has 3 heterocycles. The van der Waals surface area contributed by atoms with Gasteiger partial charge in [-0.15, -0.1) is 6.42 Å². The fourth-order valence-electron chi connectivity index (χ4n) is 6.95. The predicted molar refractivity (Wildman–Crippen MR) is 200 cm³/mol. The van der Waals surface area contributed by atoms with Crippen LogP contribution >= 0.6 is 0 Å². The summed E-state index contributed by atoms with van der Waals surface area (Å²) in [5, 5.41) is 8.13. The maximum Gasteiger partial charge on any atom is 0.417 e. The van der Waals surface area contributed by atoms with Gasteiger partial charge in [-0.2, -0.15) is 23.1 Å². The van der Waals surface area contributed by atoms with Gasteiger partial charge in [0.05, 0.1) is 23.8 Å². The number of hydrogen-bond donors (Lipinski definition) is 2. The first-order valence-electron chi connectivity index (χ1n) is 17.6. The molecule has 3 atom stereocenters. The van der Waals surface area contributed by atoms with Gasteiger partial charge in [0.25, 0.3) is 0 Å². The molecule has 0 spiro atoms. The van der Waals surface area contributed by atoms with Crippen molar-refractivity contribution >= 4 is 34.7 Å². The first kappa shape index (κ1) is 39.1. The third-order valence-corrected chi connectivity index (χ3v) is 9.69. The van der Waals surface area contributed by atoms with Crippen LogP contribution in [0, 0.1) is 30.5 Å². The van der Waals surface area contributed by atoms with E-state index in [4.69, 9.17) is 36.5 Å². The number of carbonyl (C=O) groups excluding carboxylic acids is 1. The smallest absolute Gasteiger partial charge is 0.417 e. The number of carbonyl (C=O) groups is 1. The van der Waals surface area contributed by atoms with Crippen LogP contribution in [0.1, 0.15) is 61.9 Å². The van der Waals surface area contributed by atoms with Crippen LogP contribution in [0.3, 0.4) is 0 Å². The number of hydrogen-bond acceptors (Lipinski definition) is 10. The fourth-order valence-corrected chi connectivity index (χ4v) is 6.95. The molecule has 4 aromatic rings. The molecule has 0 radical (unpaired) electrons. The fraction of sp³-hybridized carbons (Fsp3) is 0.400. The number of nitrogens with one attached hydrogen (secondary N) is 1. The second-order valence-corrected chi connectivity index (χ2v) is 14.7. The minimum absolute atomic E-state index is 0.00260. The van der Waals surface area contributed by atoms with E-state index in [-0.39, 0.29) is 89.2 Å². The van der Waals surface area contributed by atoms with Gasteiger partial charge in [0.2, 0.25) is 0 Å². The summed E-state index contributed by atoms with van der Waals surface area (Å²) in [4.78, 5) is 25.9. The molecule has 0 saturated carbocycles. The summed E-state index contributed by atoms with van der Waals surface area (Å²) < 4.78 is 85.3. The van der Waals surface area contributed by atoms with E-state index in [1.54, 1.807) is 56.9 Å². The molecule has 2 fully saturated rings. The van der Waals surface area contributed by atoms with E-state index in [0.717, 1.165) is 18.3 Å². The van der Waals surface area contributed by atoms with E-state index in [9.17, 15) is 4.79 Å². The van der Waals surface area contributed by atoms with Gasteiger partial charge in [-0.3, -0.25) is 0 Å². The second kappa shape index (κ2) is 14.9. The van der Waals surface area contributed by atoms with E-state index in [1.807, 2.05) is 4.90 Å². The van der Waals surface area contributed by atoms with E-state index in [2.05, 4.69) is 15.9 Å². The summed E-state index contributed by atoms with van der Waals surface area (Å²) in [6, 6.07) is 7.77. The number of nitrogen functional groups attached to an aromatic ring is 1. The van der Waals surface area contributed by atoms with Crippen molar-refractivity contribution in [2.24, 2.45) is 0 Å². The molecule has 11 nitrogen and oxygen atoms in total. The zero-order valence-electron chi connectivity index (χ0n) is 31.3. The molecule has 1 amide bonds. The van der Waals surface area contributed by atoms with Crippen molar-refractivity contribution in [2.75, 3.05) is 37.4 Å². The summed E-state index contributed by atoms with van der Waals surface area (Å²) in [5.41, 5.74) is 3.95. The molecule has 0 unspecified atom stereocenters. The number of likely N-dealkylation sites (tertiary alicyclic amines) is 1. The number of piperazine rings is 1. The lowest BCUT2D eigenvalue weighted by atomic mass is 9.88.